The number of phosphoric ester groups is 1. The fourth-order valence-corrected chi connectivity index (χ4v) is 6.10. The van der Waals surface area contributed by atoms with Crippen LogP contribution in [0.2, 0.25) is 0 Å². The van der Waals surface area contributed by atoms with Gasteiger partial charge in [0.15, 0.2) is 6.10 Å². The lowest BCUT2D eigenvalue weighted by Crippen LogP contribution is -2.34. The lowest BCUT2D eigenvalue weighted by Gasteiger charge is -2.20. The van der Waals surface area contributed by atoms with Crippen LogP contribution in [0.3, 0.4) is 0 Å². The fourth-order valence-electron chi connectivity index (χ4n) is 5.33. The molecule has 0 radical (unpaired) electrons. The monoisotopic (exact) mass is 892 g/mol. The highest BCUT2D eigenvalue weighted by atomic mass is 31.2. The molecule has 0 aromatic heterocycles. The number of ether oxygens (including phenoxy) is 2. The number of aliphatic hydroxyl groups excluding tert-OH is 2. The topological polar surface area (TPSA) is 212 Å². The normalized spacial score (nSPS) is 15.6. The van der Waals surface area contributed by atoms with Crippen LogP contribution in [-0.4, -0.2) is 82.3 Å². The number of rotatable bonds is 40. The molecular weight excluding hydrogens is 813 g/mol. The molecule has 0 saturated carbocycles. The lowest BCUT2D eigenvalue weighted by molar-refractivity contribution is -0.161. The van der Waals surface area contributed by atoms with Gasteiger partial charge in [0.2, 0.25) is 0 Å². The number of aliphatic hydroxyl groups is 2. The maximum Gasteiger partial charge on any atom is 0.472 e. The molecule has 0 spiro atoms. The number of carbonyl (C=O) groups excluding carboxylic acids is 2. The molecule has 0 aliphatic rings. The summed E-state index contributed by atoms with van der Waals surface area (Å²) in [6, 6.07) is -1.58. The number of esters is 2. The first kappa shape index (κ1) is 58.3. The minimum absolute atomic E-state index is 0.0320. The summed E-state index contributed by atoms with van der Waals surface area (Å²) in [7, 11) is -4.82. The standard InChI is InChI=1S/C48H78NO12P/c1-3-5-7-9-11-13-15-17-18-19-20-21-22-23-25-27-29-31-33-37-46(52)58-39-42(40-59-62(56,57)60-41-43(49)48(54)55)61-47(53)38-34-36-45(51)44(50)35-32-30-28-26-24-16-14-12-10-8-6-4-2/h11-14,17-18,20-21,23-26,29-32,42-45,50-51H,3-10,15-16,19,22,27-28,33-41,49H2,1-2H3,(H,54,55)(H,56,57)/b13-11-,14-12-,18-17-,21-20-,25-23-,26-24-,31-29-,32-30-/t42-,43+,44?,45?/m1/s1. The molecule has 5 atom stereocenters. The summed E-state index contributed by atoms with van der Waals surface area (Å²) in [6.07, 6.45) is 45.1. The van der Waals surface area contributed by atoms with E-state index in [9.17, 15) is 34.1 Å². The molecule has 352 valence electrons. The number of nitrogens with two attached hydrogens (primary N) is 1. The van der Waals surface area contributed by atoms with E-state index >= 15 is 0 Å². The number of aliphatic carboxylic acids is 1. The second kappa shape index (κ2) is 41.3. The first-order valence-corrected chi connectivity index (χ1v) is 23.9. The second-order valence-corrected chi connectivity index (χ2v) is 16.2. The Balaban J connectivity index is 4.73. The van der Waals surface area contributed by atoms with Crippen molar-refractivity contribution in [2.24, 2.45) is 5.73 Å². The Morgan fingerprint density at radius 1 is 0.565 bits per heavy atom. The Morgan fingerprint density at radius 3 is 1.50 bits per heavy atom. The molecule has 0 saturated heterocycles. The van der Waals surface area contributed by atoms with E-state index in [1.165, 1.54) is 38.5 Å². The second-order valence-electron chi connectivity index (χ2n) is 14.8. The number of allylic oxidation sites excluding steroid dienone is 15. The van der Waals surface area contributed by atoms with E-state index in [2.05, 4.69) is 79.1 Å². The summed E-state index contributed by atoms with van der Waals surface area (Å²) in [5.41, 5.74) is 5.31. The van der Waals surface area contributed by atoms with Gasteiger partial charge in [0.05, 0.1) is 25.4 Å². The summed E-state index contributed by atoms with van der Waals surface area (Å²) in [6.45, 7) is 2.36. The minimum Gasteiger partial charge on any atom is -0.480 e. The number of phosphoric acid groups is 1. The minimum atomic E-state index is -4.82. The summed E-state index contributed by atoms with van der Waals surface area (Å²) in [5.74, 6) is -2.82. The average Bonchev–Trinajstić information content (AvgIpc) is 3.24. The van der Waals surface area contributed by atoms with E-state index in [4.69, 9.17) is 24.8 Å². The molecule has 6 N–H and O–H groups in total. The molecule has 14 heteroatoms. The molecule has 0 rings (SSSR count). The molecule has 0 aliphatic heterocycles. The van der Waals surface area contributed by atoms with Crippen molar-refractivity contribution in [3.8, 4) is 0 Å². The van der Waals surface area contributed by atoms with Crippen molar-refractivity contribution in [3.63, 3.8) is 0 Å². The molecule has 3 unspecified atom stereocenters. The number of carboxylic acids is 1. The number of unbranched alkanes of at least 4 members (excludes halogenated alkanes) is 6. The molecular formula is C48H78NO12P. The Hall–Kier alpha value is -3.68. The molecule has 62 heavy (non-hydrogen) atoms. The van der Waals surface area contributed by atoms with Gasteiger partial charge in [0, 0.05) is 12.8 Å². The van der Waals surface area contributed by atoms with Gasteiger partial charge >= 0.3 is 25.7 Å². The van der Waals surface area contributed by atoms with E-state index in [0.29, 0.717) is 19.3 Å². The Morgan fingerprint density at radius 2 is 1.02 bits per heavy atom. The first-order valence-electron chi connectivity index (χ1n) is 22.4. The molecule has 0 aromatic rings. The van der Waals surface area contributed by atoms with Gasteiger partial charge in [-0.2, -0.15) is 0 Å². The van der Waals surface area contributed by atoms with Gasteiger partial charge in [-0.25, -0.2) is 4.57 Å². The smallest absolute Gasteiger partial charge is 0.472 e. The third kappa shape index (κ3) is 39.2. The summed E-state index contributed by atoms with van der Waals surface area (Å²) >= 11 is 0. The number of carbonyl (C=O) groups is 3. The Bertz CT molecular complexity index is 1450. The van der Waals surface area contributed by atoms with Gasteiger partial charge in [-0.15, -0.1) is 0 Å². The van der Waals surface area contributed by atoms with Crippen LogP contribution in [0.25, 0.3) is 0 Å². The fraction of sp³-hybridized carbons (Fsp3) is 0.604. The van der Waals surface area contributed by atoms with E-state index in [-0.39, 0.29) is 32.1 Å². The van der Waals surface area contributed by atoms with Crippen LogP contribution in [0.5, 0.6) is 0 Å². The SMILES string of the molecule is CCCCC/C=C\C/C=C\C/C=C\C/C=C\C/C=C\CCC(=O)OC[C@H](COP(=O)(O)OC[C@H](N)C(=O)O)OC(=O)CCCC(O)C(O)C/C=C\C/C=C\C/C=C\CCCCC. The van der Waals surface area contributed by atoms with Crippen molar-refractivity contribution < 1.29 is 57.7 Å². The van der Waals surface area contributed by atoms with Crippen LogP contribution in [0.15, 0.2) is 97.2 Å². The summed E-state index contributed by atoms with van der Waals surface area (Å²) < 4.78 is 32.4. The highest BCUT2D eigenvalue weighted by Crippen LogP contribution is 2.43. The number of hydrogen-bond donors (Lipinski definition) is 5. The predicted octanol–water partition coefficient (Wildman–Crippen LogP) is 10.0. The highest BCUT2D eigenvalue weighted by molar-refractivity contribution is 7.47. The van der Waals surface area contributed by atoms with Gasteiger partial charge in [-0.1, -0.05) is 137 Å². The largest absolute Gasteiger partial charge is 0.480 e. The molecule has 0 aliphatic carbocycles. The maximum absolute atomic E-state index is 12.7. The van der Waals surface area contributed by atoms with Crippen LogP contribution in [-0.2, 0) is 37.5 Å². The molecule has 0 bridgehead atoms. The average molecular weight is 892 g/mol. The highest BCUT2D eigenvalue weighted by Gasteiger charge is 2.28. The van der Waals surface area contributed by atoms with Crippen molar-refractivity contribution in [2.75, 3.05) is 19.8 Å². The van der Waals surface area contributed by atoms with Crippen molar-refractivity contribution in [1.82, 2.24) is 0 Å². The molecule has 0 heterocycles. The van der Waals surface area contributed by atoms with E-state index in [0.717, 1.165) is 38.5 Å². The van der Waals surface area contributed by atoms with Crippen LogP contribution in [0, 0.1) is 0 Å². The zero-order chi connectivity index (χ0) is 45.9. The van der Waals surface area contributed by atoms with Crippen molar-refractivity contribution in [3.05, 3.63) is 97.2 Å². The van der Waals surface area contributed by atoms with Gasteiger partial charge in [0.25, 0.3) is 0 Å². The summed E-state index contributed by atoms with van der Waals surface area (Å²) in [4.78, 5) is 46.0. The third-order valence-electron chi connectivity index (χ3n) is 9.02. The molecule has 13 nitrogen and oxygen atoms in total. The van der Waals surface area contributed by atoms with Crippen LogP contribution >= 0.6 is 7.82 Å². The number of hydrogen-bond acceptors (Lipinski definition) is 11. The van der Waals surface area contributed by atoms with Gasteiger partial charge < -0.3 is 35.4 Å². The quantitative estimate of drug-likeness (QED) is 0.0168. The Labute approximate surface area is 371 Å². The van der Waals surface area contributed by atoms with Crippen LogP contribution in [0.1, 0.15) is 142 Å². The van der Waals surface area contributed by atoms with Crippen molar-refractivity contribution >= 4 is 25.7 Å². The van der Waals surface area contributed by atoms with Gasteiger partial charge in [0.1, 0.15) is 12.6 Å². The zero-order valence-corrected chi connectivity index (χ0v) is 38.3. The first-order chi connectivity index (χ1) is 29.9. The van der Waals surface area contributed by atoms with E-state index < -0.39 is 69.9 Å². The Kier molecular flexibility index (Phi) is 38.9. The molecule has 0 amide bonds. The summed E-state index contributed by atoms with van der Waals surface area (Å²) in [5, 5.41) is 29.6. The van der Waals surface area contributed by atoms with Gasteiger partial charge in [-0.3, -0.25) is 23.4 Å². The van der Waals surface area contributed by atoms with Crippen LogP contribution in [0.4, 0.5) is 0 Å². The van der Waals surface area contributed by atoms with Crippen molar-refractivity contribution in [2.45, 2.75) is 167 Å². The van der Waals surface area contributed by atoms with E-state index in [1.54, 1.807) is 6.08 Å². The van der Waals surface area contributed by atoms with Crippen LogP contribution < -0.4 is 5.73 Å². The molecule has 0 aromatic carbocycles. The predicted molar refractivity (Wildman–Crippen MR) is 247 cm³/mol. The zero-order valence-electron chi connectivity index (χ0n) is 37.4. The molecule has 0 fully saturated rings. The number of carboxylic acid groups (broad SMARTS) is 1. The third-order valence-corrected chi connectivity index (χ3v) is 9.97. The maximum atomic E-state index is 12.7. The lowest BCUT2D eigenvalue weighted by atomic mass is 10.0. The van der Waals surface area contributed by atoms with Gasteiger partial charge in [-0.05, 0) is 89.9 Å². The van der Waals surface area contributed by atoms with E-state index in [1.807, 2.05) is 30.4 Å². The van der Waals surface area contributed by atoms with Crippen molar-refractivity contribution in [1.29, 1.82) is 0 Å².